The van der Waals surface area contributed by atoms with Crippen molar-refractivity contribution in [3.05, 3.63) is 52.1 Å². The van der Waals surface area contributed by atoms with Crippen LogP contribution in [0.5, 0.6) is 11.5 Å². The average Bonchev–Trinajstić information content (AvgIpc) is 3.26. The fourth-order valence-electron chi connectivity index (χ4n) is 3.34. The van der Waals surface area contributed by atoms with Gasteiger partial charge in [0.15, 0.2) is 5.13 Å². The van der Waals surface area contributed by atoms with Crippen molar-refractivity contribution in [3.63, 3.8) is 0 Å². The largest absolute Gasteiger partial charge is 0.495 e. The summed E-state index contributed by atoms with van der Waals surface area (Å²) in [5, 5.41) is 11.5. The molecule has 0 aliphatic rings. The van der Waals surface area contributed by atoms with E-state index in [0.717, 1.165) is 17.8 Å². The second kappa shape index (κ2) is 11.8. The molecule has 0 saturated carbocycles. The summed E-state index contributed by atoms with van der Waals surface area (Å²) in [5.74, 6) is 0.967. The van der Waals surface area contributed by atoms with Crippen molar-refractivity contribution >= 4 is 50.7 Å². The first kappa shape index (κ1) is 26.3. The van der Waals surface area contributed by atoms with Gasteiger partial charge in [0.05, 0.1) is 19.1 Å². The van der Waals surface area contributed by atoms with Crippen LogP contribution in [0.15, 0.2) is 36.4 Å². The summed E-state index contributed by atoms with van der Waals surface area (Å²) in [6.07, 6.45) is 0. The lowest BCUT2D eigenvalue weighted by atomic mass is 10.2. The number of rotatable bonds is 10. The number of ether oxygens (including phenoxy) is 2. The summed E-state index contributed by atoms with van der Waals surface area (Å²) in [7, 11) is 3.15. The van der Waals surface area contributed by atoms with Crippen LogP contribution in [-0.2, 0) is 0 Å². The Morgan fingerprint density at radius 3 is 2.18 bits per heavy atom. The first-order chi connectivity index (χ1) is 15.4. The van der Waals surface area contributed by atoms with Gasteiger partial charge in [0, 0.05) is 30.8 Å². The molecule has 0 radical (unpaired) electrons. The van der Waals surface area contributed by atoms with Crippen LogP contribution in [0, 0.1) is 10.1 Å². The van der Waals surface area contributed by atoms with Crippen LogP contribution in [0.2, 0.25) is 0 Å². The summed E-state index contributed by atoms with van der Waals surface area (Å²) < 4.78 is 11.7. The third-order valence-electron chi connectivity index (χ3n) is 5.23. The molecular formula is C22H27ClN4O5S. The second-order valence-electron chi connectivity index (χ2n) is 6.93. The molecule has 0 atom stereocenters. The molecule has 1 amide bonds. The standard InChI is InChI=1S/C22H26N4O5S.ClH/c1-5-24(6-2)13-14-25(21(27)15-7-9-16(10-8-15)26(28)29)22-23-19-17(30-3)11-12-18(31-4)20(19)32-22;/h7-12H,5-6,13-14H2,1-4H3;1H. The van der Waals surface area contributed by atoms with Gasteiger partial charge in [0.25, 0.3) is 11.6 Å². The van der Waals surface area contributed by atoms with E-state index in [4.69, 9.17) is 14.5 Å². The number of hydrogen-bond acceptors (Lipinski definition) is 8. The topological polar surface area (TPSA) is 98.0 Å². The van der Waals surface area contributed by atoms with Gasteiger partial charge in [0.1, 0.15) is 21.7 Å². The Morgan fingerprint density at radius 1 is 1.03 bits per heavy atom. The molecule has 3 rings (SSSR count). The van der Waals surface area contributed by atoms with Crippen LogP contribution in [-0.4, -0.2) is 61.1 Å². The van der Waals surface area contributed by atoms with Gasteiger partial charge >= 0.3 is 0 Å². The summed E-state index contributed by atoms with van der Waals surface area (Å²) in [5.41, 5.74) is 0.912. The van der Waals surface area contributed by atoms with E-state index < -0.39 is 4.92 Å². The minimum Gasteiger partial charge on any atom is -0.495 e. The number of carbonyl (C=O) groups is 1. The van der Waals surface area contributed by atoms with Crippen molar-refractivity contribution in [1.29, 1.82) is 0 Å². The fourth-order valence-corrected chi connectivity index (χ4v) is 4.44. The first-order valence-corrected chi connectivity index (χ1v) is 11.0. The fraction of sp³-hybridized carbons (Fsp3) is 0.364. The lowest BCUT2D eigenvalue weighted by Crippen LogP contribution is -2.38. The van der Waals surface area contributed by atoms with Crippen molar-refractivity contribution < 1.29 is 19.2 Å². The summed E-state index contributed by atoms with van der Waals surface area (Å²) >= 11 is 1.35. The molecule has 1 heterocycles. The lowest BCUT2D eigenvalue weighted by molar-refractivity contribution is -0.384. The maximum Gasteiger partial charge on any atom is 0.269 e. The first-order valence-electron chi connectivity index (χ1n) is 10.2. The number of thiazole rings is 1. The normalized spacial score (nSPS) is 10.7. The quantitative estimate of drug-likeness (QED) is 0.299. The van der Waals surface area contributed by atoms with Gasteiger partial charge in [-0.05, 0) is 37.4 Å². The number of fused-ring (bicyclic) bond motifs is 1. The number of carbonyl (C=O) groups excluding carboxylic acids is 1. The minimum atomic E-state index is -0.488. The summed E-state index contributed by atoms with van der Waals surface area (Å²) in [6, 6.07) is 9.20. The van der Waals surface area contributed by atoms with Gasteiger partial charge in [-0.1, -0.05) is 25.2 Å². The van der Waals surface area contributed by atoms with Gasteiger partial charge in [-0.2, -0.15) is 0 Å². The van der Waals surface area contributed by atoms with Gasteiger partial charge in [-0.3, -0.25) is 19.8 Å². The number of non-ortho nitro benzene ring substituents is 1. The number of hydrogen-bond donors (Lipinski definition) is 0. The molecule has 0 N–H and O–H groups in total. The van der Waals surface area contributed by atoms with Crippen LogP contribution in [0.1, 0.15) is 24.2 Å². The zero-order valence-corrected chi connectivity index (χ0v) is 20.6. The van der Waals surface area contributed by atoms with Crippen LogP contribution < -0.4 is 14.4 Å². The van der Waals surface area contributed by atoms with Gasteiger partial charge < -0.3 is 14.4 Å². The number of amides is 1. The molecular weight excluding hydrogens is 468 g/mol. The monoisotopic (exact) mass is 494 g/mol. The Morgan fingerprint density at radius 2 is 1.64 bits per heavy atom. The van der Waals surface area contributed by atoms with E-state index in [2.05, 4.69) is 18.7 Å². The van der Waals surface area contributed by atoms with Crippen LogP contribution in [0.4, 0.5) is 10.8 Å². The number of nitrogens with zero attached hydrogens (tertiary/aromatic N) is 4. The van der Waals surface area contributed by atoms with E-state index in [1.165, 1.54) is 35.6 Å². The second-order valence-corrected chi connectivity index (χ2v) is 7.91. The van der Waals surface area contributed by atoms with Gasteiger partial charge in [-0.15, -0.1) is 12.4 Å². The highest BCUT2D eigenvalue weighted by Crippen LogP contribution is 2.40. The molecule has 2 aromatic carbocycles. The van der Waals surface area contributed by atoms with Crippen LogP contribution in [0.3, 0.4) is 0 Å². The van der Waals surface area contributed by atoms with E-state index in [0.29, 0.717) is 40.8 Å². The van der Waals surface area contributed by atoms with Crippen LogP contribution in [0.25, 0.3) is 10.2 Å². The van der Waals surface area contributed by atoms with Crippen molar-refractivity contribution in [2.24, 2.45) is 0 Å². The molecule has 0 unspecified atom stereocenters. The predicted molar refractivity (Wildman–Crippen MR) is 133 cm³/mol. The van der Waals surface area contributed by atoms with E-state index >= 15 is 0 Å². The smallest absolute Gasteiger partial charge is 0.269 e. The Balaban J connectivity index is 0.00000385. The maximum absolute atomic E-state index is 13.4. The number of aromatic nitrogens is 1. The SMILES string of the molecule is CCN(CC)CCN(C(=O)c1ccc([N+](=O)[O-])cc1)c1nc2c(OC)ccc(OC)c2s1.Cl. The number of anilines is 1. The number of halogens is 1. The molecule has 0 saturated heterocycles. The van der Waals surface area contributed by atoms with Crippen molar-refractivity contribution in [3.8, 4) is 11.5 Å². The molecule has 9 nitrogen and oxygen atoms in total. The molecule has 1 aromatic heterocycles. The highest BCUT2D eigenvalue weighted by molar-refractivity contribution is 7.22. The molecule has 0 spiro atoms. The molecule has 0 fully saturated rings. The number of benzene rings is 2. The third-order valence-corrected chi connectivity index (χ3v) is 6.33. The number of nitro benzene ring substituents is 1. The number of nitro groups is 1. The van der Waals surface area contributed by atoms with Crippen LogP contribution >= 0.6 is 23.7 Å². The third kappa shape index (κ3) is 5.70. The zero-order valence-electron chi connectivity index (χ0n) is 18.9. The Hall–Kier alpha value is -2.95. The summed E-state index contributed by atoms with van der Waals surface area (Å²) in [4.78, 5) is 32.5. The maximum atomic E-state index is 13.4. The molecule has 33 heavy (non-hydrogen) atoms. The van der Waals surface area contributed by atoms with Gasteiger partial charge in [0.2, 0.25) is 0 Å². The Bertz CT molecular complexity index is 1060. The highest BCUT2D eigenvalue weighted by atomic mass is 35.5. The van der Waals surface area contributed by atoms with Gasteiger partial charge in [-0.25, -0.2) is 4.98 Å². The van der Waals surface area contributed by atoms with E-state index in [1.807, 2.05) is 6.07 Å². The molecule has 3 aromatic rings. The van der Waals surface area contributed by atoms with Crippen molar-refractivity contribution in [1.82, 2.24) is 9.88 Å². The van der Waals surface area contributed by atoms with Crippen molar-refractivity contribution in [2.45, 2.75) is 13.8 Å². The zero-order chi connectivity index (χ0) is 23.3. The minimum absolute atomic E-state index is 0. The van der Waals surface area contributed by atoms with E-state index in [9.17, 15) is 14.9 Å². The molecule has 0 aliphatic carbocycles. The number of methoxy groups -OCH3 is 2. The average molecular weight is 495 g/mol. The highest BCUT2D eigenvalue weighted by Gasteiger charge is 2.24. The van der Waals surface area contributed by atoms with Crippen molar-refractivity contribution in [2.75, 3.05) is 45.3 Å². The Labute approximate surface area is 202 Å². The predicted octanol–water partition coefficient (Wildman–Crippen LogP) is 4.63. The molecule has 0 aliphatic heterocycles. The number of likely N-dealkylation sites (N-methyl/N-ethyl adjacent to an activating group) is 1. The lowest BCUT2D eigenvalue weighted by Gasteiger charge is -2.24. The molecule has 11 heteroatoms. The van der Waals surface area contributed by atoms with E-state index in [-0.39, 0.29) is 24.0 Å². The molecule has 178 valence electrons. The van der Waals surface area contributed by atoms with E-state index in [1.54, 1.807) is 25.2 Å². The Kier molecular flexibility index (Phi) is 9.39. The molecule has 0 bridgehead atoms. The summed E-state index contributed by atoms with van der Waals surface area (Å²) in [6.45, 7) is 6.94.